The molecule has 1 saturated heterocycles. The van der Waals surface area contributed by atoms with Crippen LogP contribution in [0.5, 0.6) is 5.75 Å². The number of hydrogen-bond donors (Lipinski definition) is 1. The normalized spacial score (nSPS) is 21.8. The summed E-state index contributed by atoms with van der Waals surface area (Å²) < 4.78 is 22.8. The quantitative estimate of drug-likeness (QED) is 0.711. The summed E-state index contributed by atoms with van der Waals surface area (Å²) in [4.78, 5) is 12.0. The van der Waals surface area contributed by atoms with E-state index >= 15 is 0 Å². The lowest BCUT2D eigenvalue weighted by Crippen LogP contribution is -2.38. The Bertz CT molecular complexity index is 901. The molecular formula is C25H31NO5. The first kappa shape index (κ1) is 21.7. The van der Waals surface area contributed by atoms with Crippen molar-refractivity contribution in [1.82, 2.24) is 5.32 Å². The van der Waals surface area contributed by atoms with Gasteiger partial charge in [0.15, 0.2) is 6.29 Å². The highest BCUT2D eigenvalue weighted by Crippen LogP contribution is 2.31. The number of rotatable bonds is 5. The molecule has 0 radical (unpaired) electrons. The molecule has 31 heavy (non-hydrogen) atoms. The number of carbonyl (C=O) groups excluding carboxylic acids is 1. The maximum absolute atomic E-state index is 12.0. The molecule has 1 N–H and O–H groups in total. The van der Waals surface area contributed by atoms with E-state index in [0.717, 1.165) is 41.7 Å². The lowest BCUT2D eigenvalue weighted by atomic mass is 10.0. The molecule has 0 bridgehead atoms. The van der Waals surface area contributed by atoms with Crippen molar-refractivity contribution in [3.8, 4) is 16.9 Å². The summed E-state index contributed by atoms with van der Waals surface area (Å²) in [6, 6.07) is 16.4. The molecule has 1 aliphatic heterocycles. The monoisotopic (exact) mass is 425 g/mol. The second-order valence-corrected chi connectivity index (χ2v) is 9.12. The fraction of sp³-hybridized carbons (Fsp3) is 0.480. The zero-order chi connectivity index (χ0) is 21.8. The molecular weight excluding hydrogens is 394 g/mol. The molecule has 4 rings (SSSR count). The predicted molar refractivity (Wildman–Crippen MR) is 118 cm³/mol. The Morgan fingerprint density at radius 3 is 2.45 bits per heavy atom. The molecule has 2 fully saturated rings. The molecule has 6 nitrogen and oxygen atoms in total. The molecule has 0 unspecified atom stereocenters. The van der Waals surface area contributed by atoms with Crippen molar-refractivity contribution in [2.75, 3.05) is 13.2 Å². The van der Waals surface area contributed by atoms with Crippen LogP contribution < -0.4 is 10.1 Å². The first-order valence-corrected chi connectivity index (χ1v) is 11.0. The molecule has 166 valence electrons. The van der Waals surface area contributed by atoms with Crippen LogP contribution in [0.3, 0.4) is 0 Å². The highest BCUT2D eigenvalue weighted by Gasteiger charge is 2.29. The van der Waals surface area contributed by atoms with Gasteiger partial charge in [-0.15, -0.1) is 0 Å². The molecule has 1 heterocycles. The van der Waals surface area contributed by atoms with Gasteiger partial charge in [-0.05, 0) is 62.9 Å². The van der Waals surface area contributed by atoms with Gasteiger partial charge in [-0.1, -0.05) is 30.3 Å². The maximum atomic E-state index is 12.0. The topological polar surface area (TPSA) is 66.0 Å². The number of nitrogens with one attached hydrogen (secondary N) is 1. The van der Waals surface area contributed by atoms with E-state index in [0.29, 0.717) is 13.2 Å². The molecule has 1 saturated carbocycles. The van der Waals surface area contributed by atoms with Crippen LogP contribution in [0, 0.1) is 0 Å². The van der Waals surface area contributed by atoms with E-state index in [4.69, 9.17) is 18.9 Å². The first-order chi connectivity index (χ1) is 14.9. The van der Waals surface area contributed by atoms with Crippen molar-refractivity contribution >= 4 is 6.09 Å². The Morgan fingerprint density at radius 2 is 1.71 bits per heavy atom. The maximum Gasteiger partial charge on any atom is 0.407 e. The number of benzene rings is 2. The third kappa shape index (κ3) is 5.99. The minimum absolute atomic E-state index is 0.0711. The van der Waals surface area contributed by atoms with Gasteiger partial charge in [0.2, 0.25) is 0 Å². The Balaban J connectivity index is 1.36. The van der Waals surface area contributed by atoms with E-state index in [2.05, 4.69) is 29.6 Å². The van der Waals surface area contributed by atoms with Crippen molar-refractivity contribution in [2.24, 2.45) is 0 Å². The van der Waals surface area contributed by atoms with Crippen LogP contribution in [0.2, 0.25) is 0 Å². The van der Waals surface area contributed by atoms with E-state index in [1.165, 1.54) is 0 Å². The summed E-state index contributed by atoms with van der Waals surface area (Å²) in [7, 11) is 0. The first-order valence-electron chi connectivity index (χ1n) is 11.0. The lowest BCUT2D eigenvalue weighted by Gasteiger charge is -2.21. The van der Waals surface area contributed by atoms with Crippen LogP contribution in [0.25, 0.3) is 11.1 Å². The van der Waals surface area contributed by atoms with Crippen LogP contribution in [0.1, 0.15) is 51.9 Å². The van der Waals surface area contributed by atoms with E-state index in [1.807, 2.05) is 45.0 Å². The van der Waals surface area contributed by atoms with Gasteiger partial charge in [-0.3, -0.25) is 0 Å². The van der Waals surface area contributed by atoms with Crippen LogP contribution in [-0.4, -0.2) is 37.1 Å². The molecule has 0 spiro atoms. The summed E-state index contributed by atoms with van der Waals surface area (Å²) >= 11 is 0. The smallest absolute Gasteiger partial charge is 0.407 e. The molecule has 6 heteroatoms. The Labute approximate surface area is 183 Å². The van der Waals surface area contributed by atoms with Crippen molar-refractivity contribution in [1.29, 1.82) is 0 Å². The third-order valence-corrected chi connectivity index (χ3v) is 5.36. The minimum atomic E-state index is -0.494. The minimum Gasteiger partial charge on any atom is -0.490 e. The van der Waals surface area contributed by atoms with Crippen LogP contribution in [0.4, 0.5) is 4.79 Å². The number of hydrogen-bond acceptors (Lipinski definition) is 5. The summed E-state index contributed by atoms with van der Waals surface area (Å²) in [6.45, 7) is 6.85. The number of amides is 1. The average Bonchev–Trinajstić information content (AvgIpc) is 3.39. The fourth-order valence-electron chi connectivity index (χ4n) is 4.01. The van der Waals surface area contributed by atoms with Crippen molar-refractivity contribution < 1.29 is 23.7 Å². The Morgan fingerprint density at radius 1 is 1.00 bits per heavy atom. The largest absolute Gasteiger partial charge is 0.490 e. The van der Waals surface area contributed by atoms with E-state index in [9.17, 15) is 4.79 Å². The second-order valence-electron chi connectivity index (χ2n) is 9.12. The third-order valence-electron chi connectivity index (χ3n) is 5.36. The highest BCUT2D eigenvalue weighted by molar-refractivity contribution is 5.68. The molecule has 1 amide bonds. The Kier molecular flexibility index (Phi) is 6.49. The summed E-state index contributed by atoms with van der Waals surface area (Å²) in [6.07, 6.45) is 1.98. The molecule has 2 aliphatic rings. The summed E-state index contributed by atoms with van der Waals surface area (Å²) in [5.41, 5.74) is 2.71. The Hall–Kier alpha value is -2.57. The van der Waals surface area contributed by atoms with Gasteiger partial charge in [-0.2, -0.15) is 0 Å². The standard InChI is InChI=1S/C25H31NO5/c1-25(2,3)31-24(27)26-20-10-11-22(16-20)30-21-9-5-7-18(15-21)17-6-4-8-19(14-17)23-28-12-13-29-23/h4-9,14-15,20,22-23H,10-13,16H2,1-3H3,(H,26,27)/t20-,22-/m1/s1. The van der Waals surface area contributed by atoms with Gasteiger partial charge in [0, 0.05) is 18.0 Å². The average molecular weight is 426 g/mol. The highest BCUT2D eigenvalue weighted by atomic mass is 16.7. The van der Waals surface area contributed by atoms with Crippen molar-refractivity contribution in [3.05, 3.63) is 54.1 Å². The molecule has 0 aromatic heterocycles. The van der Waals surface area contributed by atoms with Gasteiger partial charge in [0.25, 0.3) is 0 Å². The van der Waals surface area contributed by atoms with Gasteiger partial charge >= 0.3 is 6.09 Å². The van der Waals surface area contributed by atoms with Crippen LogP contribution in [0.15, 0.2) is 48.5 Å². The van der Waals surface area contributed by atoms with Gasteiger partial charge < -0.3 is 24.3 Å². The fourth-order valence-corrected chi connectivity index (χ4v) is 4.01. The van der Waals surface area contributed by atoms with Gasteiger partial charge in [0.1, 0.15) is 17.5 Å². The number of ether oxygens (including phenoxy) is 4. The van der Waals surface area contributed by atoms with Crippen LogP contribution in [-0.2, 0) is 14.2 Å². The zero-order valence-electron chi connectivity index (χ0n) is 18.4. The van der Waals surface area contributed by atoms with Gasteiger partial charge in [0.05, 0.1) is 13.2 Å². The molecule has 2 atom stereocenters. The zero-order valence-corrected chi connectivity index (χ0v) is 18.4. The van der Waals surface area contributed by atoms with Crippen molar-refractivity contribution in [2.45, 2.75) is 64.1 Å². The predicted octanol–water partition coefficient (Wildman–Crippen LogP) is 5.22. The van der Waals surface area contributed by atoms with E-state index in [-0.39, 0.29) is 24.5 Å². The summed E-state index contributed by atoms with van der Waals surface area (Å²) in [5, 5.41) is 2.96. The second kappa shape index (κ2) is 9.28. The molecule has 2 aromatic carbocycles. The summed E-state index contributed by atoms with van der Waals surface area (Å²) in [5.74, 6) is 0.833. The van der Waals surface area contributed by atoms with E-state index in [1.54, 1.807) is 0 Å². The van der Waals surface area contributed by atoms with Gasteiger partial charge in [-0.25, -0.2) is 4.79 Å². The SMILES string of the molecule is CC(C)(C)OC(=O)N[C@@H]1CC[C@@H](Oc2cccc(-c3cccc(C4OCCO4)c3)c2)C1. The lowest BCUT2D eigenvalue weighted by molar-refractivity contribution is -0.0440. The van der Waals surface area contributed by atoms with Crippen LogP contribution >= 0.6 is 0 Å². The number of carbonyl (C=O) groups is 1. The number of alkyl carbamates (subject to hydrolysis) is 1. The molecule has 1 aliphatic carbocycles. The van der Waals surface area contributed by atoms with E-state index < -0.39 is 5.60 Å². The van der Waals surface area contributed by atoms with Crippen molar-refractivity contribution in [3.63, 3.8) is 0 Å². The molecule has 2 aromatic rings.